The Morgan fingerprint density at radius 3 is 2.56 bits per heavy atom. The minimum Gasteiger partial charge on any atom is -0.383 e. The first-order valence-corrected chi connectivity index (χ1v) is 10.2. The standard InChI is InChI=1S/C22H26N2O2S/c1-4-16(2)20(17-10-6-5-7-11-17)21(25)23-22-24(14-15-26-3)18-12-8-9-13-19(18)27-22/h5-13,16,20H,4,14-15H2,1-3H3/b23-22-. The Balaban J connectivity index is 2.07. The first-order valence-electron chi connectivity index (χ1n) is 9.36. The van der Waals surface area contributed by atoms with Crippen molar-refractivity contribution in [1.29, 1.82) is 0 Å². The Kier molecular flexibility index (Phi) is 6.58. The SMILES string of the molecule is CCC(C)C(C(=O)/N=c1\sc2ccccc2n1CCOC)c1ccccc1. The van der Waals surface area contributed by atoms with Crippen LogP contribution >= 0.6 is 11.3 Å². The van der Waals surface area contributed by atoms with E-state index in [1.54, 1.807) is 18.4 Å². The highest BCUT2D eigenvalue weighted by Gasteiger charge is 2.25. The molecule has 4 nitrogen and oxygen atoms in total. The number of benzene rings is 2. The highest BCUT2D eigenvalue weighted by molar-refractivity contribution is 7.16. The summed E-state index contributed by atoms with van der Waals surface area (Å²) in [5, 5.41) is 0. The molecule has 0 aliphatic carbocycles. The summed E-state index contributed by atoms with van der Waals surface area (Å²) in [6.07, 6.45) is 0.927. The summed E-state index contributed by atoms with van der Waals surface area (Å²) in [7, 11) is 1.69. The number of amides is 1. The van der Waals surface area contributed by atoms with Crippen LogP contribution in [0, 0.1) is 5.92 Å². The first kappa shape index (κ1) is 19.5. The number of hydrogen-bond donors (Lipinski definition) is 0. The topological polar surface area (TPSA) is 43.6 Å². The maximum atomic E-state index is 13.2. The summed E-state index contributed by atoms with van der Waals surface area (Å²) in [5.41, 5.74) is 2.12. The maximum Gasteiger partial charge on any atom is 0.256 e. The molecule has 0 radical (unpaired) electrons. The third kappa shape index (κ3) is 4.37. The van der Waals surface area contributed by atoms with E-state index in [0.29, 0.717) is 13.2 Å². The molecule has 0 spiro atoms. The third-order valence-corrected chi connectivity index (χ3v) is 6.01. The largest absolute Gasteiger partial charge is 0.383 e. The van der Waals surface area contributed by atoms with Gasteiger partial charge in [0.2, 0.25) is 0 Å². The number of methoxy groups -OCH3 is 1. The fraction of sp³-hybridized carbons (Fsp3) is 0.364. The van der Waals surface area contributed by atoms with Crippen LogP contribution in [0.15, 0.2) is 59.6 Å². The molecule has 2 aromatic carbocycles. The monoisotopic (exact) mass is 382 g/mol. The van der Waals surface area contributed by atoms with Gasteiger partial charge in [-0.25, -0.2) is 0 Å². The van der Waals surface area contributed by atoms with Crippen molar-refractivity contribution in [1.82, 2.24) is 4.57 Å². The number of fused-ring (bicyclic) bond motifs is 1. The predicted molar refractivity (Wildman–Crippen MR) is 111 cm³/mol. The molecule has 0 aliphatic heterocycles. The van der Waals surface area contributed by atoms with Gasteiger partial charge < -0.3 is 9.30 Å². The summed E-state index contributed by atoms with van der Waals surface area (Å²) >= 11 is 1.55. The molecule has 142 valence electrons. The molecule has 2 unspecified atom stereocenters. The Morgan fingerprint density at radius 2 is 1.85 bits per heavy atom. The molecular formula is C22H26N2O2S. The van der Waals surface area contributed by atoms with Crippen molar-refractivity contribution in [3.05, 3.63) is 65.0 Å². The van der Waals surface area contributed by atoms with Gasteiger partial charge in [-0.2, -0.15) is 4.99 Å². The van der Waals surface area contributed by atoms with Gasteiger partial charge in [0.15, 0.2) is 4.80 Å². The van der Waals surface area contributed by atoms with E-state index in [4.69, 9.17) is 4.74 Å². The summed E-state index contributed by atoms with van der Waals surface area (Å²) in [5.74, 6) is -0.0731. The van der Waals surface area contributed by atoms with Crippen LogP contribution in [0.4, 0.5) is 0 Å². The van der Waals surface area contributed by atoms with Gasteiger partial charge in [-0.05, 0) is 23.6 Å². The number of carbonyl (C=O) groups is 1. The number of aromatic nitrogens is 1. The fourth-order valence-corrected chi connectivity index (χ4v) is 4.34. The van der Waals surface area contributed by atoms with Crippen molar-refractivity contribution in [2.45, 2.75) is 32.7 Å². The summed E-state index contributed by atoms with van der Waals surface area (Å²) < 4.78 is 8.46. The highest BCUT2D eigenvalue weighted by Crippen LogP contribution is 2.28. The Morgan fingerprint density at radius 1 is 1.15 bits per heavy atom. The van der Waals surface area contributed by atoms with Gasteiger partial charge in [-0.1, -0.05) is 74.1 Å². The molecule has 0 saturated carbocycles. The van der Waals surface area contributed by atoms with E-state index in [9.17, 15) is 4.79 Å². The molecule has 1 heterocycles. The van der Waals surface area contributed by atoms with E-state index >= 15 is 0 Å². The second kappa shape index (κ2) is 9.11. The smallest absolute Gasteiger partial charge is 0.256 e. The number of nitrogens with zero attached hydrogens (tertiary/aromatic N) is 2. The number of hydrogen-bond acceptors (Lipinski definition) is 3. The van der Waals surface area contributed by atoms with Gasteiger partial charge >= 0.3 is 0 Å². The molecule has 0 saturated heterocycles. The zero-order valence-electron chi connectivity index (χ0n) is 16.1. The minimum atomic E-state index is -0.225. The van der Waals surface area contributed by atoms with Gasteiger partial charge in [0.05, 0.1) is 22.7 Å². The van der Waals surface area contributed by atoms with Crippen LogP contribution in [0.3, 0.4) is 0 Å². The molecule has 3 rings (SSSR count). The summed E-state index contributed by atoms with van der Waals surface area (Å²) in [4.78, 5) is 18.5. The third-order valence-electron chi connectivity index (χ3n) is 4.95. The normalized spacial score (nSPS) is 14.4. The maximum absolute atomic E-state index is 13.2. The lowest BCUT2D eigenvalue weighted by atomic mass is 9.85. The second-order valence-corrected chi connectivity index (χ2v) is 7.73. The molecule has 0 N–H and O–H groups in total. The van der Waals surface area contributed by atoms with E-state index in [2.05, 4.69) is 35.5 Å². The van der Waals surface area contributed by atoms with E-state index in [0.717, 1.165) is 27.0 Å². The predicted octanol–water partition coefficient (Wildman–Crippen LogP) is 4.61. The summed E-state index contributed by atoms with van der Waals surface area (Å²) in [6.45, 7) is 5.49. The van der Waals surface area contributed by atoms with Crippen molar-refractivity contribution in [2.75, 3.05) is 13.7 Å². The molecular weight excluding hydrogens is 356 g/mol. The molecule has 0 aliphatic rings. The summed E-state index contributed by atoms with van der Waals surface area (Å²) in [6, 6.07) is 18.1. The first-order chi connectivity index (χ1) is 13.2. The lowest BCUT2D eigenvalue weighted by molar-refractivity contribution is -0.120. The molecule has 0 bridgehead atoms. The molecule has 1 amide bonds. The average Bonchev–Trinajstić information content (AvgIpc) is 3.04. The Bertz CT molecular complexity index is 959. The molecule has 2 atom stereocenters. The lowest BCUT2D eigenvalue weighted by Crippen LogP contribution is -2.24. The molecule has 1 aromatic heterocycles. The van der Waals surface area contributed by atoms with Crippen LogP contribution in [0.5, 0.6) is 0 Å². The van der Waals surface area contributed by atoms with Crippen molar-refractivity contribution in [3.63, 3.8) is 0 Å². The lowest BCUT2D eigenvalue weighted by Gasteiger charge is -2.20. The van der Waals surface area contributed by atoms with Gasteiger partial charge in [-0.3, -0.25) is 4.79 Å². The quantitative estimate of drug-likeness (QED) is 0.599. The Hall–Kier alpha value is -2.24. The number of rotatable bonds is 7. The number of carbonyl (C=O) groups excluding carboxylic acids is 1. The van der Waals surface area contributed by atoms with Gasteiger partial charge in [0.25, 0.3) is 5.91 Å². The minimum absolute atomic E-state index is 0.0757. The molecule has 3 aromatic rings. The van der Waals surface area contributed by atoms with Crippen molar-refractivity contribution >= 4 is 27.5 Å². The van der Waals surface area contributed by atoms with Crippen LogP contribution in [0.2, 0.25) is 0 Å². The van der Waals surface area contributed by atoms with E-state index in [1.807, 2.05) is 42.5 Å². The number of ether oxygens (including phenoxy) is 1. The second-order valence-electron chi connectivity index (χ2n) is 6.72. The van der Waals surface area contributed by atoms with Crippen LogP contribution in [-0.2, 0) is 16.1 Å². The van der Waals surface area contributed by atoms with Crippen LogP contribution in [0.25, 0.3) is 10.2 Å². The van der Waals surface area contributed by atoms with Crippen LogP contribution in [0.1, 0.15) is 31.7 Å². The van der Waals surface area contributed by atoms with Crippen molar-refractivity contribution in [2.24, 2.45) is 10.9 Å². The number of thiazole rings is 1. The van der Waals surface area contributed by atoms with E-state index in [1.165, 1.54) is 0 Å². The highest BCUT2D eigenvalue weighted by atomic mass is 32.1. The molecule has 27 heavy (non-hydrogen) atoms. The molecule has 5 heteroatoms. The fourth-order valence-electron chi connectivity index (χ4n) is 3.28. The van der Waals surface area contributed by atoms with Gasteiger partial charge in [0, 0.05) is 13.7 Å². The molecule has 0 fully saturated rings. The average molecular weight is 383 g/mol. The number of para-hydroxylation sites is 1. The van der Waals surface area contributed by atoms with Crippen LogP contribution in [-0.4, -0.2) is 24.2 Å². The van der Waals surface area contributed by atoms with Crippen molar-refractivity contribution < 1.29 is 9.53 Å². The zero-order valence-corrected chi connectivity index (χ0v) is 16.9. The van der Waals surface area contributed by atoms with Crippen molar-refractivity contribution in [3.8, 4) is 0 Å². The van der Waals surface area contributed by atoms with E-state index < -0.39 is 0 Å². The van der Waals surface area contributed by atoms with Gasteiger partial charge in [0.1, 0.15) is 0 Å². The van der Waals surface area contributed by atoms with E-state index in [-0.39, 0.29) is 17.7 Å². The van der Waals surface area contributed by atoms with Gasteiger partial charge in [-0.15, -0.1) is 0 Å². The Labute approximate surface area is 164 Å². The zero-order chi connectivity index (χ0) is 19.2. The van der Waals surface area contributed by atoms with Crippen LogP contribution < -0.4 is 4.80 Å².